The first-order chi connectivity index (χ1) is 13.7. The molecule has 0 saturated carbocycles. The summed E-state index contributed by atoms with van der Waals surface area (Å²) in [4.78, 5) is 30.1. The number of amides is 1. The van der Waals surface area contributed by atoms with Gasteiger partial charge in [0.05, 0.1) is 28.2 Å². The lowest BCUT2D eigenvalue weighted by atomic mass is 10.2. The van der Waals surface area contributed by atoms with Crippen molar-refractivity contribution in [3.05, 3.63) is 69.7 Å². The topological polar surface area (TPSA) is 93.5 Å². The Hall–Kier alpha value is -2.90. The highest BCUT2D eigenvalue weighted by Crippen LogP contribution is 2.23. The Morgan fingerprint density at radius 1 is 1.21 bits per heavy atom. The molecule has 1 amide bonds. The Labute approximate surface area is 172 Å². The number of aliphatic hydroxyl groups excluding tert-OH is 1. The van der Waals surface area contributed by atoms with E-state index in [4.69, 9.17) is 16.3 Å². The van der Waals surface area contributed by atoms with E-state index in [9.17, 15) is 14.7 Å². The summed E-state index contributed by atoms with van der Waals surface area (Å²) in [7, 11) is 0. The lowest BCUT2D eigenvalue weighted by molar-refractivity contribution is 0.0477. The van der Waals surface area contributed by atoms with E-state index in [0.717, 1.165) is 0 Å². The number of rotatable bonds is 4. The molecule has 152 valence electrons. The molecule has 1 heterocycles. The first-order valence-electron chi connectivity index (χ1n) is 9.08. The van der Waals surface area contributed by atoms with Crippen molar-refractivity contribution in [1.29, 1.82) is 0 Å². The third-order valence-electron chi connectivity index (χ3n) is 4.07. The van der Waals surface area contributed by atoms with Gasteiger partial charge < -0.3 is 15.2 Å². The van der Waals surface area contributed by atoms with Gasteiger partial charge in [-0.05, 0) is 45.0 Å². The van der Waals surface area contributed by atoms with Gasteiger partial charge in [0.2, 0.25) is 0 Å². The van der Waals surface area contributed by atoms with Crippen molar-refractivity contribution in [1.82, 2.24) is 14.9 Å². The number of benzene rings is 2. The number of hydrogen-bond acceptors (Lipinski definition) is 5. The van der Waals surface area contributed by atoms with Gasteiger partial charge in [-0.1, -0.05) is 35.9 Å². The molecule has 29 heavy (non-hydrogen) atoms. The monoisotopic (exact) mass is 415 g/mol. The fraction of sp³-hybridized carbons (Fsp3) is 0.286. The fourth-order valence-corrected chi connectivity index (χ4v) is 3.16. The fourth-order valence-electron chi connectivity index (χ4n) is 2.91. The van der Waals surface area contributed by atoms with Crippen LogP contribution in [0.1, 0.15) is 32.6 Å². The van der Waals surface area contributed by atoms with Gasteiger partial charge >= 0.3 is 6.09 Å². The largest absolute Gasteiger partial charge is 0.444 e. The maximum Gasteiger partial charge on any atom is 0.408 e. The van der Waals surface area contributed by atoms with Crippen LogP contribution in [0.2, 0.25) is 5.02 Å². The molecular weight excluding hydrogens is 394 g/mol. The molecule has 7 nitrogen and oxygen atoms in total. The second-order valence-electron chi connectivity index (χ2n) is 7.46. The summed E-state index contributed by atoms with van der Waals surface area (Å²) in [5.74, 6) is 0.171. The number of nitrogens with one attached hydrogen (secondary N) is 1. The highest BCUT2D eigenvalue weighted by molar-refractivity contribution is 6.35. The molecule has 0 fully saturated rings. The Morgan fingerprint density at radius 2 is 1.90 bits per heavy atom. The van der Waals surface area contributed by atoms with E-state index in [0.29, 0.717) is 11.2 Å². The zero-order chi connectivity index (χ0) is 21.2. The zero-order valence-electron chi connectivity index (χ0n) is 16.3. The number of nitrogens with zero attached hydrogens (tertiary/aromatic N) is 2. The molecule has 0 unspecified atom stereocenters. The number of halogens is 1. The first kappa shape index (κ1) is 20.8. The molecule has 3 rings (SSSR count). The van der Waals surface area contributed by atoms with Crippen LogP contribution >= 0.6 is 11.6 Å². The van der Waals surface area contributed by atoms with Crippen LogP contribution in [0.5, 0.6) is 0 Å². The smallest absolute Gasteiger partial charge is 0.408 e. The highest BCUT2D eigenvalue weighted by Gasteiger charge is 2.25. The molecule has 8 heteroatoms. The van der Waals surface area contributed by atoms with E-state index >= 15 is 0 Å². The zero-order valence-corrected chi connectivity index (χ0v) is 17.1. The van der Waals surface area contributed by atoms with Crippen molar-refractivity contribution in [3.8, 4) is 5.69 Å². The van der Waals surface area contributed by atoms with Crippen LogP contribution in [0.25, 0.3) is 16.6 Å². The summed E-state index contributed by atoms with van der Waals surface area (Å²) in [5.41, 5.74) is -0.209. The van der Waals surface area contributed by atoms with Crippen molar-refractivity contribution >= 4 is 28.6 Å². The summed E-state index contributed by atoms with van der Waals surface area (Å²) in [6.07, 6.45) is -0.725. The molecule has 0 bridgehead atoms. The van der Waals surface area contributed by atoms with Gasteiger partial charge in [-0.15, -0.1) is 0 Å². The third kappa shape index (κ3) is 4.58. The van der Waals surface area contributed by atoms with Crippen LogP contribution in [0.4, 0.5) is 4.79 Å². The highest BCUT2D eigenvalue weighted by atomic mass is 35.5. The van der Waals surface area contributed by atoms with Gasteiger partial charge in [0.1, 0.15) is 17.5 Å². The quantitative estimate of drug-likeness (QED) is 0.679. The van der Waals surface area contributed by atoms with Crippen LogP contribution in [-0.4, -0.2) is 33.0 Å². The molecule has 1 aromatic heterocycles. The van der Waals surface area contributed by atoms with Gasteiger partial charge in [-0.2, -0.15) is 0 Å². The summed E-state index contributed by atoms with van der Waals surface area (Å²) >= 11 is 6.25. The Bertz CT molecular complexity index is 1090. The van der Waals surface area contributed by atoms with Crippen LogP contribution in [0.15, 0.2) is 53.3 Å². The van der Waals surface area contributed by atoms with Gasteiger partial charge in [-0.3, -0.25) is 9.36 Å². The molecule has 1 atom stereocenters. The van der Waals surface area contributed by atoms with E-state index in [2.05, 4.69) is 10.3 Å². The molecule has 2 N–H and O–H groups in total. The van der Waals surface area contributed by atoms with Gasteiger partial charge in [0, 0.05) is 0 Å². The number of hydrogen-bond donors (Lipinski definition) is 2. The minimum absolute atomic E-state index is 0.171. The van der Waals surface area contributed by atoms with Gasteiger partial charge in [0.15, 0.2) is 0 Å². The lowest BCUT2D eigenvalue weighted by Crippen LogP contribution is -2.39. The summed E-state index contributed by atoms with van der Waals surface area (Å²) in [6, 6.07) is 12.8. The van der Waals surface area contributed by atoms with E-state index in [-0.39, 0.29) is 16.2 Å². The Morgan fingerprint density at radius 3 is 2.52 bits per heavy atom. The maximum absolute atomic E-state index is 13.3. The SMILES string of the molecule is CC(C)(C)OC(=O)N[C@@H](CO)c1nc2cccc(Cl)c2c(=O)n1-c1ccccc1. The molecule has 0 radical (unpaired) electrons. The molecule has 0 aliphatic heterocycles. The van der Waals surface area contributed by atoms with Crippen molar-refractivity contribution in [2.45, 2.75) is 32.4 Å². The number of carbonyl (C=O) groups is 1. The van der Waals surface area contributed by atoms with Crippen LogP contribution < -0.4 is 10.9 Å². The molecular formula is C21H22ClN3O4. The number of fused-ring (bicyclic) bond motifs is 1. The molecule has 0 aliphatic rings. The lowest BCUT2D eigenvalue weighted by Gasteiger charge is -2.24. The standard InChI is InChI=1S/C21H22ClN3O4/c1-21(2,3)29-20(28)24-16(12-26)18-23-15-11-7-10-14(22)17(15)19(27)25(18)13-8-5-4-6-9-13/h4-11,16,26H,12H2,1-3H3,(H,24,28)/t16-/m0/s1. The van der Waals surface area contributed by atoms with Gasteiger partial charge in [-0.25, -0.2) is 9.78 Å². The molecule has 0 spiro atoms. The molecule has 0 aliphatic carbocycles. The number of para-hydroxylation sites is 1. The number of aromatic nitrogens is 2. The van der Waals surface area contributed by atoms with Crippen LogP contribution in [-0.2, 0) is 4.74 Å². The molecule has 0 saturated heterocycles. The summed E-state index contributed by atoms with van der Waals surface area (Å²) in [5, 5.41) is 13.1. The number of ether oxygens (including phenoxy) is 1. The predicted octanol–water partition coefficient (Wildman–Crippen LogP) is 3.60. The summed E-state index contributed by atoms with van der Waals surface area (Å²) < 4.78 is 6.62. The number of alkyl carbamates (subject to hydrolysis) is 1. The molecule has 2 aromatic carbocycles. The second kappa shape index (κ2) is 8.23. The van der Waals surface area contributed by atoms with E-state index in [1.165, 1.54) is 4.57 Å². The average molecular weight is 416 g/mol. The van der Waals surface area contributed by atoms with Crippen molar-refractivity contribution in [3.63, 3.8) is 0 Å². The predicted molar refractivity (Wildman–Crippen MR) is 112 cm³/mol. The second-order valence-corrected chi connectivity index (χ2v) is 7.87. The normalized spacial score (nSPS) is 12.6. The Kier molecular flexibility index (Phi) is 5.91. The van der Waals surface area contributed by atoms with E-state index in [1.54, 1.807) is 63.2 Å². The maximum atomic E-state index is 13.3. The molecule has 3 aromatic rings. The van der Waals surface area contributed by atoms with Crippen molar-refractivity contribution < 1.29 is 14.6 Å². The van der Waals surface area contributed by atoms with Crippen LogP contribution in [0, 0.1) is 0 Å². The van der Waals surface area contributed by atoms with E-state index in [1.807, 2.05) is 6.07 Å². The third-order valence-corrected chi connectivity index (χ3v) is 4.39. The van der Waals surface area contributed by atoms with Gasteiger partial charge in [0.25, 0.3) is 5.56 Å². The minimum Gasteiger partial charge on any atom is -0.444 e. The summed E-state index contributed by atoms with van der Waals surface area (Å²) in [6.45, 7) is 4.72. The number of aliphatic hydroxyl groups is 1. The Balaban J connectivity index is 2.19. The van der Waals surface area contributed by atoms with Crippen molar-refractivity contribution in [2.24, 2.45) is 0 Å². The first-order valence-corrected chi connectivity index (χ1v) is 9.46. The van der Waals surface area contributed by atoms with Crippen LogP contribution in [0.3, 0.4) is 0 Å². The van der Waals surface area contributed by atoms with E-state index < -0.39 is 29.9 Å². The van der Waals surface area contributed by atoms with Crippen molar-refractivity contribution in [2.75, 3.05) is 6.61 Å². The number of carbonyl (C=O) groups excluding carboxylic acids is 1. The average Bonchev–Trinajstić information content (AvgIpc) is 2.65. The minimum atomic E-state index is -0.971.